The van der Waals surface area contributed by atoms with E-state index in [4.69, 9.17) is 23.7 Å². The standard InChI is InChI=1S/C26H40N2O7/c1-18(7-10-21-13-26(17-33-26)16-25(3,4)35-21)8-12-23-31-14-20(15-32-23)27-22(29)11-9-19(2)34-24(30)28(5)6/h7-11,19-21,23H,12-17H2,1-6H3,(H,27,29)/b10-7+,11-9-,18-8+/t19-,20?,21?,23?,26+/m0/s1. The molecule has 3 heterocycles. The normalized spacial score (nSPS) is 31.5. The van der Waals surface area contributed by atoms with Crippen LogP contribution in [0.1, 0.15) is 47.0 Å². The molecule has 3 atom stereocenters. The van der Waals surface area contributed by atoms with Crippen molar-refractivity contribution in [1.82, 2.24) is 10.2 Å². The number of amides is 2. The summed E-state index contributed by atoms with van der Waals surface area (Å²) in [6, 6.07) is -0.239. The highest BCUT2D eigenvalue weighted by Crippen LogP contribution is 2.46. The number of nitrogens with one attached hydrogen (secondary N) is 1. The summed E-state index contributed by atoms with van der Waals surface area (Å²) in [5.41, 5.74) is 0.945. The summed E-state index contributed by atoms with van der Waals surface area (Å²) in [6.45, 7) is 9.53. The summed E-state index contributed by atoms with van der Waals surface area (Å²) in [5.74, 6) is -0.291. The molecule has 0 saturated carbocycles. The molecule has 2 amide bonds. The Kier molecular flexibility index (Phi) is 9.15. The lowest BCUT2D eigenvalue weighted by Gasteiger charge is -2.38. The average Bonchev–Trinajstić information content (AvgIpc) is 3.51. The van der Waals surface area contributed by atoms with Crippen LogP contribution >= 0.6 is 0 Å². The van der Waals surface area contributed by atoms with E-state index in [0.29, 0.717) is 19.6 Å². The third-order valence-electron chi connectivity index (χ3n) is 6.03. The fourth-order valence-electron chi connectivity index (χ4n) is 4.28. The molecule has 0 radical (unpaired) electrons. The molecule has 1 N–H and O–H groups in total. The van der Waals surface area contributed by atoms with Gasteiger partial charge in [-0.2, -0.15) is 0 Å². The molecule has 0 bridgehead atoms. The van der Waals surface area contributed by atoms with E-state index in [-0.39, 0.29) is 35.5 Å². The summed E-state index contributed by atoms with van der Waals surface area (Å²) in [4.78, 5) is 25.0. The van der Waals surface area contributed by atoms with Crippen LogP contribution in [0.5, 0.6) is 0 Å². The Bertz CT molecular complexity index is 831. The van der Waals surface area contributed by atoms with Gasteiger partial charge in [0.1, 0.15) is 6.10 Å². The van der Waals surface area contributed by atoms with Crippen LogP contribution in [0.2, 0.25) is 0 Å². The fourth-order valence-corrected chi connectivity index (χ4v) is 4.28. The van der Waals surface area contributed by atoms with Gasteiger partial charge in [-0.3, -0.25) is 4.79 Å². The Labute approximate surface area is 208 Å². The van der Waals surface area contributed by atoms with Gasteiger partial charge in [-0.15, -0.1) is 0 Å². The van der Waals surface area contributed by atoms with Crippen LogP contribution in [0.4, 0.5) is 4.79 Å². The number of hydrogen-bond acceptors (Lipinski definition) is 7. The van der Waals surface area contributed by atoms with Gasteiger partial charge in [-0.05, 0) is 33.8 Å². The average molecular weight is 493 g/mol. The van der Waals surface area contributed by atoms with E-state index in [1.807, 2.05) is 6.92 Å². The predicted octanol–water partition coefficient (Wildman–Crippen LogP) is 3.11. The van der Waals surface area contributed by atoms with E-state index in [9.17, 15) is 9.59 Å². The molecular weight excluding hydrogens is 452 g/mol. The van der Waals surface area contributed by atoms with Crippen LogP contribution in [0, 0.1) is 0 Å². The molecular formula is C26H40N2O7. The van der Waals surface area contributed by atoms with Crippen LogP contribution in [0.3, 0.4) is 0 Å². The van der Waals surface area contributed by atoms with E-state index >= 15 is 0 Å². The number of ether oxygens (including phenoxy) is 5. The van der Waals surface area contributed by atoms with Crippen molar-refractivity contribution in [2.45, 2.75) is 82.7 Å². The van der Waals surface area contributed by atoms with Crippen molar-refractivity contribution in [3.63, 3.8) is 0 Å². The molecule has 9 nitrogen and oxygen atoms in total. The van der Waals surface area contributed by atoms with E-state index in [1.165, 1.54) is 17.1 Å². The molecule has 9 heteroatoms. The number of allylic oxidation sites excluding steroid dienone is 2. The maximum atomic E-state index is 12.1. The minimum absolute atomic E-state index is 0.0110. The first-order chi connectivity index (χ1) is 16.5. The first-order valence-corrected chi connectivity index (χ1v) is 12.2. The zero-order chi connectivity index (χ0) is 25.6. The van der Waals surface area contributed by atoms with Gasteiger partial charge < -0.3 is 33.9 Å². The van der Waals surface area contributed by atoms with Crippen LogP contribution in [0.15, 0.2) is 36.0 Å². The van der Waals surface area contributed by atoms with Crippen LogP contribution in [-0.4, -0.2) is 86.6 Å². The number of rotatable bonds is 8. The van der Waals surface area contributed by atoms with Crippen molar-refractivity contribution >= 4 is 12.0 Å². The maximum Gasteiger partial charge on any atom is 0.409 e. The highest BCUT2D eigenvalue weighted by molar-refractivity contribution is 5.87. The summed E-state index contributed by atoms with van der Waals surface area (Å²) >= 11 is 0. The number of epoxide rings is 1. The molecule has 3 aliphatic heterocycles. The van der Waals surface area contributed by atoms with E-state index in [2.05, 4.69) is 37.4 Å². The van der Waals surface area contributed by atoms with Crippen molar-refractivity contribution < 1.29 is 33.3 Å². The van der Waals surface area contributed by atoms with Crippen molar-refractivity contribution in [2.75, 3.05) is 33.9 Å². The second-order valence-corrected chi connectivity index (χ2v) is 10.5. The Balaban J connectivity index is 1.35. The third-order valence-corrected chi connectivity index (χ3v) is 6.03. The predicted molar refractivity (Wildman–Crippen MR) is 131 cm³/mol. The van der Waals surface area contributed by atoms with Crippen LogP contribution in [0.25, 0.3) is 0 Å². The quantitative estimate of drug-likeness (QED) is 0.316. The third kappa shape index (κ3) is 9.07. The zero-order valence-corrected chi connectivity index (χ0v) is 21.7. The molecule has 3 rings (SSSR count). The van der Waals surface area contributed by atoms with Gasteiger partial charge in [-0.1, -0.05) is 23.8 Å². The number of carbonyl (C=O) groups is 2. The fraction of sp³-hybridized carbons (Fsp3) is 0.692. The largest absolute Gasteiger partial charge is 0.442 e. The lowest BCUT2D eigenvalue weighted by atomic mass is 9.85. The topological polar surface area (TPSA) is 98.9 Å². The van der Waals surface area contributed by atoms with Crippen molar-refractivity contribution in [3.05, 3.63) is 36.0 Å². The minimum Gasteiger partial charge on any atom is -0.442 e. The Morgan fingerprint density at radius 2 is 1.89 bits per heavy atom. The monoisotopic (exact) mass is 492 g/mol. The van der Waals surface area contributed by atoms with Gasteiger partial charge in [0.05, 0.1) is 43.2 Å². The second-order valence-electron chi connectivity index (χ2n) is 10.5. The van der Waals surface area contributed by atoms with Crippen molar-refractivity contribution in [1.29, 1.82) is 0 Å². The Morgan fingerprint density at radius 3 is 2.51 bits per heavy atom. The van der Waals surface area contributed by atoms with Gasteiger partial charge in [0.25, 0.3) is 0 Å². The molecule has 3 fully saturated rings. The summed E-state index contributed by atoms with van der Waals surface area (Å²) in [6.07, 6.45) is 10.3. The molecule has 1 unspecified atom stereocenters. The summed E-state index contributed by atoms with van der Waals surface area (Å²) in [7, 11) is 3.20. The summed E-state index contributed by atoms with van der Waals surface area (Å²) < 4.78 is 28.5. The van der Waals surface area contributed by atoms with Gasteiger partial charge in [0, 0.05) is 39.4 Å². The Hall–Kier alpha value is -2.20. The van der Waals surface area contributed by atoms with E-state index in [0.717, 1.165) is 25.0 Å². The van der Waals surface area contributed by atoms with E-state index < -0.39 is 12.2 Å². The number of nitrogens with zero attached hydrogens (tertiary/aromatic N) is 1. The molecule has 35 heavy (non-hydrogen) atoms. The summed E-state index contributed by atoms with van der Waals surface area (Å²) in [5, 5.41) is 2.83. The second kappa shape index (κ2) is 11.7. The minimum atomic E-state index is -0.512. The molecule has 3 aliphatic rings. The van der Waals surface area contributed by atoms with Crippen LogP contribution < -0.4 is 5.32 Å². The molecule has 1 spiro atoms. The Morgan fingerprint density at radius 1 is 1.20 bits per heavy atom. The van der Waals surface area contributed by atoms with Gasteiger partial charge in [0.15, 0.2) is 6.29 Å². The molecule has 3 saturated heterocycles. The number of hydrogen-bond donors (Lipinski definition) is 1. The molecule has 196 valence electrons. The highest BCUT2D eigenvalue weighted by Gasteiger charge is 2.53. The first-order valence-electron chi connectivity index (χ1n) is 12.2. The lowest BCUT2D eigenvalue weighted by Crippen LogP contribution is -2.46. The molecule has 0 aromatic carbocycles. The highest BCUT2D eigenvalue weighted by atomic mass is 16.7. The smallest absolute Gasteiger partial charge is 0.409 e. The van der Waals surface area contributed by atoms with Gasteiger partial charge in [-0.25, -0.2) is 4.79 Å². The van der Waals surface area contributed by atoms with Crippen molar-refractivity contribution in [2.24, 2.45) is 0 Å². The lowest BCUT2D eigenvalue weighted by molar-refractivity contribution is -0.187. The SMILES string of the molecule is CC(/C=C/C1C[C@]2(CO2)CC(C)(C)O1)=C\CC1OCC(NC(=O)/C=C\[C@H](C)OC(=O)N(C)C)CO1. The molecule has 0 aromatic rings. The molecule has 0 aliphatic carbocycles. The van der Waals surface area contributed by atoms with Gasteiger partial charge >= 0.3 is 6.09 Å². The van der Waals surface area contributed by atoms with Crippen LogP contribution in [-0.2, 0) is 28.5 Å². The first kappa shape index (κ1) is 27.4. The van der Waals surface area contributed by atoms with E-state index in [1.54, 1.807) is 21.0 Å². The molecule has 0 aromatic heterocycles. The van der Waals surface area contributed by atoms with Gasteiger partial charge in [0.2, 0.25) is 5.91 Å². The zero-order valence-electron chi connectivity index (χ0n) is 21.7. The van der Waals surface area contributed by atoms with Crippen molar-refractivity contribution in [3.8, 4) is 0 Å². The number of carbonyl (C=O) groups excluding carboxylic acids is 2. The maximum absolute atomic E-state index is 12.1.